The van der Waals surface area contributed by atoms with Crippen molar-refractivity contribution in [3.05, 3.63) is 33.8 Å². The second kappa shape index (κ2) is 4.49. The van der Waals surface area contributed by atoms with Gasteiger partial charge in [0.2, 0.25) is 0 Å². The molecule has 0 unspecified atom stereocenters. The zero-order valence-corrected chi connectivity index (χ0v) is 10.4. The molecule has 0 aromatic heterocycles. The van der Waals surface area contributed by atoms with E-state index in [1.807, 2.05) is 0 Å². The molecule has 0 radical (unpaired) electrons. The average Bonchev–Trinajstić information content (AvgIpc) is 2.08. The van der Waals surface area contributed by atoms with Crippen molar-refractivity contribution in [2.24, 2.45) is 0 Å². The molecule has 0 heterocycles. The van der Waals surface area contributed by atoms with Gasteiger partial charge in [0.25, 0.3) is 0 Å². The number of aliphatic carboxylic acids is 1. The van der Waals surface area contributed by atoms with Crippen LogP contribution in [0.15, 0.2) is 16.6 Å². The van der Waals surface area contributed by atoms with Gasteiger partial charge in [-0.3, -0.25) is 4.79 Å². The van der Waals surface area contributed by atoms with Crippen LogP contribution in [0.5, 0.6) is 0 Å². The van der Waals surface area contributed by atoms with Gasteiger partial charge in [-0.1, -0.05) is 13.8 Å². The number of hydrogen-bond donors (Lipinski definition) is 1. The van der Waals surface area contributed by atoms with Crippen LogP contribution in [-0.4, -0.2) is 11.1 Å². The van der Waals surface area contributed by atoms with E-state index in [-0.39, 0.29) is 16.5 Å². The molecule has 0 bridgehead atoms. The van der Waals surface area contributed by atoms with Crippen LogP contribution < -0.4 is 0 Å². The Bertz CT molecular complexity index is 430. The lowest BCUT2D eigenvalue weighted by molar-refractivity contribution is -0.138. The molecule has 0 atom stereocenters. The summed E-state index contributed by atoms with van der Waals surface area (Å²) in [6.45, 7) is 3.12. The van der Waals surface area contributed by atoms with Gasteiger partial charge in [0.1, 0.15) is 11.6 Å². The Labute approximate surface area is 100 Å². The monoisotopic (exact) mass is 292 g/mol. The van der Waals surface area contributed by atoms with E-state index in [1.165, 1.54) is 0 Å². The van der Waals surface area contributed by atoms with E-state index in [1.54, 1.807) is 13.8 Å². The lowest BCUT2D eigenvalue weighted by Crippen LogP contribution is -2.23. The first-order valence-electron chi connectivity index (χ1n) is 4.61. The van der Waals surface area contributed by atoms with Crippen LogP contribution in [0.3, 0.4) is 0 Å². The maximum atomic E-state index is 13.7. The van der Waals surface area contributed by atoms with Gasteiger partial charge in [0, 0.05) is 5.41 Å². The zero-order valence-electron chi connectivity index (χ0n) is 8.85. The number of rotatable bonds is 3. The van der Waals surface area contributed by atoms with Gasteiger partial charge in [-0.25, -0.2) is 8.78 Å². The lowest BCUT2D eigenvalue weighted by atomic mass is 9.81. The fourth-order valence-electron chi connectivity index (χ4n) is 1.52. The van der Waals surface area contributed by atoms with Crippen LogP contribution in [-0.2, 0) is 10.2 Å². The summed E-state index contributed by atoms with van der Waals surface area (Å²) < 4.78 is 26.9. The van der Waals surface area contributed by atoms with Crippen LogP contribution in [0.25, 0.3) is 0 Å². The molecule has 1 aromatic carbocycles. The summed E-state index contributed by atoms with van der Waals surface area (Å²) in [6, 6.07) is 2.04. The fraction of sp³-hybridized carbons (Fsp3) is 0.364. The average molecular weight is 293 g/mol. The van der Waals surface area contributed by atoms with Crippen LogP contribution in [0, 0.1) is 11.6 Å². The van der Waals surface area contributed by atoms with Gasteiger partial charge in [-0.15, -0.1) is 0 Å². The van der Waals surface area contributed by atoms with Gasteiger partial charge >= 0.3 is 5.97 Å². The van der Waals surface area contributed by atoms with Crippen molar-refractivity contribution in [3.8, 4) is 0 Å². The minimum atomic E-state index is -1.05. The number of halogens is 3. The highest BCUT2D eigenvalue weighted by molar-refractivity contribution is 9.10. The first kappa shape index (κ1) is 13.1. The van der Waals surface area contributed by atoms with E-state index in [4.69, 9.17) is 5.11 Å². The van der Waals surface area contributed by atoms with Gasteiger partial charge < -0.3 is 5.11 Å². The van der Waals surface area contributed by atoms with E-state index in [9.17, 15) is 13.6 Å². The van der Waals surface area contributed by atoms with E-state index in [0.717, 1.165) is 12.1 Å². The molecule has 5 heteroatoms. The normalized spacial score (nSPS) is 11.6. The molecule has 88 valence electrons. The van der Waals surface area contributed by atoms with E-state index in [0.29, 0.717) is 0 Å². The summed E-state index contributed by atoms with van der Waals surface area (Å²) in [5, 5.41) is 8.71. The first-order chi connectivity index (χ1) is 7.24. The maximum Gasteiger partial charge on any atom is 0.304 e. The van der Waals surface area contributed by atoms with Gasteiger partial charge in [0.15, 0.2) is 0 Å². The summed E-state index contributed by atoms with van der Waals surface area (Å²) in [6.07, 6.45) is -0.264. The quantitative estimate of drug-likeness (QED) is 0.866. The molecule has 0 aliphatic rings. The standard InChI is InChI=1S/C11H11BrF2O2/c1-11(2,5-9(15)16)7-3-6(13)4-8(12)10(7)14/h3-4H,5H2,1-2H3,(H,15,16). The molecule has 0 saturated carbocycles. The number of benzene rings is 1. The number of carboxylic acid groups (broad SMARTS) is 1. The topological polar surface area (TPSA) is 37.3 Å². The van der Waals surface area contributed by atoms with Crippen LogP contribution in [0.4, 0.5) is 8.78 Å². The smallest absolute Gasteiger partial charge is 0.304 e. The minimum Gasteiger partial charge on any atom is -0.481 e. The van der Waals surface area contributed by atoms with Crippen molar-refractivity contribution in [3.63, 3.8) is 0 Å². The van der Waals surface area contributed by atoms with E-state index in [2.05, 4.69) is 15.9 Å². The third kappa shape index (κ3) is 2.78. The molecular formula is C11H11BrF2O2. The van der Waals surface area contributed by atoms with Gasteiger partial charge in [-0.2, -0.15) is 0 Å². The van der Waals surface area contributed by atoms with Crippen molar-refractivity contribution >= 4 is 21.9 Å². The second-order valence-electron chi connectivity index (χ2n) is 4.20. The van der Waals surface area contributed by atoms with Gasteiger partial charge in [0.05, 0.1) is 10.9 Å². The van der Waals surface area contributed by atoms with E-state index < -0.39 is 23.0 Å². The van der Waals surface area contributed by atoms with Crippen LogP contribution in [0.1, 0.15) is 25.8 Å². The number of carbonyl (C=O) groups is 1. The highest BCUT2D eigenvalue weighted by atomic mass is 79.9. The van der Waals surface area contributed by atoms with Crippen molar-refractivity contribution in [1.29, 1.82) is 0 Å². The minimum absolute atomic E-state index is 0.000892. The SMILES string of the molecule is CC(C)(CC(=O)O)c1cc(F)cc(Br)c1F. The Kier molecular flexibility index (Phi) is 3.68. The predicted octanol–water partition coefficient (Wildman–Crippen LogP) is 3.48. The third-order valence-corrected chi connectivity index (χ3v) is 2.89. The maximum absolute atomic E-state index is 13.7. The summed E-state index contributed by atoms with van der Waals surface area (Å²) >= 11 is 2.89. The highest BCUT2D eigenvalue weighted by Crippen LogP contribution is 2.33. The second-order valence-corrected chi connectivity index (χ2v) is 5.06. The number of carboxylic acids is 1. The molecule has 0 amide bonds. The fourth-order valence-corrected chi connectivity index (χ4v) is 1.95. The Morgan fingerprint density at radius 2 is 2.00 bits per heavy atom. The molecule has 1 rings (SSSR count). The highest BCUT2D eigenvalue weighted by Gasteiger charge is 2.28. The predicted molar refractivity (Wildman–Crippen MR) is 59.3 cm³/mol. The molecule has 0 aliphatic heterocycles. The zero-order chi connectivity index (χ0) is 12.5. The summed E-state index contributed by atoms with van der Waals surface area (Å²) in [7, 11) is 0. The lowest BCUT2D eigenvalue weighted by Gasteiger charge is -2.24. The third-order valence-electron chi connectivity index (χ3n) is 2.32. The molecule has 0 fully saturated rings. The Balaban J connectivity index is 3.26. The molecule has 1 aromatic rings. The van der Waals surface area contributed by atoms with Gasteiger partial charge in [-0.05, 0) is 33.6 Å². The van der Waals surface area contributed by atoms with Crippen molar-refractivity contribution in [2.45, 2.75) is 25.7 Å². The molecule has 1 N–H and O–H groups in total. The van der Waals surface area contributed by atoms with Crippen molar-refractivity contribution in [2.75, 3.05) is 0 Å². The molecule has 0 saturated heterocycles. The molecule has 0 spiro atoms. The van der Waals surface area contributed by atoms with Crippen molar-refractivity contribution in [1.82, 2.24) is 0 Å². The van der Waals surface area contributed by atoms with Crippen LogP contribution >= 0.6 is 15.9 Å². The Morgan fingerprint density at radius 1 is 1.44 bits per heavy atom. The Hall–Kier alpha value is -0.970. The molecule has 16 heavy (non-hydrogen) atoms. The summed E-state index contributed by atoms with van der Waals surface area (Å²) in [5.41, 5.74) is -0.901. The molecular weight excluding hydrogens is 282 g/mol. The number of hydrogen-bond acceptors (Lipinski definition) is 1. The van der Waals surface area contributed by atoms with Crippen molar-refractivity contribution < 1.29 is 18.7 Å². The van der Waals surface area contributed by atoms with E-state index >= 15 is 0 Å². The molecule has 2 nitrogen and oxygen atoms in total. The first-order valence-corrected chi connectivity index (χ1v) is 5.40. The Morgan fingerprint density at radius 3 is 2.50 bits per heavy atom. The summed E-state index contributed by atoms with van der Waals surface area (Å²) in [4.78, 5) is 10.6. The summed E-state index contributed by atoms with van der Waals surface area (Å²) in [5.74, 6) is -2.26. The molecule has 0 aliphatic carbocycles. The van der Waals surface area contributed by atoms with Crippen LogP contribution in [0.2, 0.25) is 0 Å². The largest absolute Gasteiger partial charge is 0.481 e.